The summed E-state index contributed by atoms with van der Waals surface area (Å²) in [6.45, 7) is 19.2. The summed E-state index contributed by atoms with van der Waals surface area (Å²) in [6.07, 6.45) is 0. The van der Waals surface area contributed by atoms with Crippen molar-refractivity contribution in [3.8, 4) is 0 Å². The van der Waals surface area contributed by atoms with E-state index in [0.29, 0.717) is 5.70 Å². The summed E-state index contributed by atoms with van der Waals surface area (Å²) in [5, 5.41) is 10.9. The monoisotopic (exact) mass is 771 g/mol. The highest BCUT2D eigenvalue weighted by Gasteiger charge is 2.20. The molecular formula is C58H45NO. The van der Waals surface area contributed by atoms with Crippen LogP contribution in [0.4, 0.5) is 0 Å². The van der Waals surface area contributed by atoms with Crippen LogP contribution in [0, 0.1) is 13.8 Å². The maximum absolute atomic E-state index is 6.40. The van der Waals surface area contributed by atoms with Gasteiger partial charge in [-0.1, -0.05) is 189 Å². The Labute approximate surface area is 351 Å². The summed E-state index contributed by atoms with van der Waals surface area (Å²) >= 11 is 0. The molecule has 0 atom stereocenters. The number of hydrogen-bond donors (Lipinski definition) is 0. The van der Waals surface area contributed by atoms with Gasteiger partial charge in [-0.15, -0.1) is 0 Å². The molecule has 288 valence electrons. The number of para-hydroxylation sites is 1. The highest BCUT2D eigenvalue weighted by molar-refractivity contribution is 6.18. The third kappa shape index (κ3) is 7.03. The molecule has 1 heterocycles. The smallest absolute Gasteiger partial charge is 0.157 e. The minimum absolute atomic E-state index is 0.695. The number of benzene rings is 9. The molecule has 9 aromatic carbocycles. The van der Waals surface area contributed by atoms with Crippen molar-refractivity contribution in [1.82, 2.24) is 0 Å². The Kier molecular flexibility index (Phi) is 10.1. The van der Waals surface area contributed by atoms with Crippen LogP contribution in [0.2, 0.25) is 0 Å². The second-order valence-electron chi connectivity index (χ2n) is 15.5. The normalized spacial score (nSPS) is 11.6. The molecule has 0 bridgehead atoms. The van der Waals surface area contributed by atoms with Crippen molar-refractivity contribution in [2.45, 2.75) is 20.8 Å². The summed E-state index contributed by atoms with van der Waals surface area (Å²) in [5.74, 6) is 0.760. The second-order valence-corrected chi connectivity index (χ2v) is 15.5. The van der Waals surface area contributed by atoms with Gasteiger partial charge in [-0.3, -0.25) is 0 Å². The Bertz CT molecular complexity index is 3340. The number of aliphatic imine (C=N–C) groups is 1. The molecule has 0 aliphatic carbocycles. The lowest BCUT2D eigenvalue weighted by Gasteiger charge is -2.14. The van der Waals surface area contributed by atoms with E-state index in [1.807, 2.05) is 25.1 Å². The summed E-state index contributed by atoms with van der Waals surface area (Å²) in [7, 11) is 0. The van der Waals surface area contributed by atoms with Gasteiger partial charge in [0.2, 0.25) is 0 Å². The summed E-state index contributed by atoms with van der Waals surface area (Å²) < 4.78 is 6.40. The lowest BCUT2D eigenvalue weighted by atomic mass is 9.89. The Morgan fingerprint density at radius 1 is 0.450 bits per heavy atom. The van der Waals surface area contributed by atoms with Gasteiger partial charge in [0, 0.05) is 22.1 Å². The molecule has 1 aromatic heterocycles. The predicted octanol–water partition coefficient (Wildman–Crippen LogP) is 16.0. The van der Waals surface area contributed by atoms with E-state index in [-0.39, 0.29) is 0 Å². The lowest BCUT2D eigenvalue weighted by molar-refractivity contribution is 0.602. The SMILES string of the molecule is C=C(C)c1ccc(C(=NC(=C)c2cc3ccccc3c3ccccc23)c2oc3ccccc3c2C)cc1.C=C(c1ccccc1C)c1cc2ccccc2c2ccccc12. The van der Waals surface area contributed by atoms with Crippen LogP contribution in [0.15, 0.2) is 211 Å². The van der Waals surface area contributed by atoms with Crippen molar-refractivity contribution < 1.29 is 4.42 Å². The fourth-order valence-electron chi connectivity index (χ4n) is 8.41. The molecule has 2 heteroatoms. The van der Waals surface area contributed by atoms with Crippen molar-refractivity contribution in [2.75, 3.05) is 0 Å². The van der Waals surface area contributed by atoms with Crippen molar-refractivity contribution >= 4 is 76.6 Å². The first-order chi connectivity index (χ1) is 29.3. The first-order valence-corrected chi connectivity index (χ1v) is 20.4. The Morgan fingerprint density at radius 3 is 1.50 bits per heavy atom. The molecule has 0 saturated heterocycles. The highest BCUT2D eigenvalue weighted by Crippen LogP contribution is 2.37. The molecule has 0 unspecified atom stereocenters. The Morgan fingerprint density at radius 2 is 0.917 bits per heavy atom. The maximum Gasteiger partial charge on any atom is 0.157 e. The highest BCUT2D eigenvalue weighted by atomic mass is 16.3. The number of fused-ring (bicyclic) bond motifs is 7. The topological polar surface area (TPSA) is 25.5 Å². The zero-order chi connectivity index (χ0) is 41.3. The van der Waals surface area contributed by atoms with E-state index in [1.54, 1.807) is 0 Å². The molecule has 60 heavy (non-hydrogen) atoms. The molecule has 0 N–H and O–H groups in total. The fourth-order valence-corrected chi connectivity index (χ4v) is 8.41. The molecular weight excluding hydrogens is 727 g/mol. The van der Waals surface area contributed by atoms with Crippen molar-refractivity contribution in [3.63, 3.8) is 0 Å². The molecule has 0 aliphatic heterocycles. The molecule has 0 fully saturated rings. The average molecular weight is 772 g/mol. The van der Waals surface area contributed by atoms with Gasteiger partial charge in [-0.2, -0.15) is 0 Å². The van der Waals surface area contributed by atoms with Crippen LogP contribution in [0.25, 0.3) is 70.9 Å². The molecule has 10 rings (SSSR count). The van der Waals surface area contributed by atoms with E-state index in [2.05, 4.69) is 197 Å². The number of nitrogens with zero attached hydrogens (tertiary/aromatic N) is 1. The van der Waals surface area contributed by atoms with E-state index in [4.69, 9.17) is 9.41 Å². The van der Waals surface area contributed by atoms with Crippen molar-refractivity contribution in [2.24, 2.45) is 4.99 Å². The van der Waals surface area contributed by atoms with Gasteiger partial charge in [0.15, 0.2) is 5.76 Å². The number of hydrogen-bond acceptors (Lipinski definition) is 2. The zero-order valence-corrected chi connectivity index (χ0v) is 34.3. The first-order valence-electron chi connectivity index (χ1n) is 20.4. The number of rotatable bonds is 7. The summed E-state index contributed by atoms with van der Waals surface area (Å²) in [5.41, 5.74) is 12.3. The van der Waals surface area contributed by atoms with E-state index in [0.717, 1.165) is 61.2 Å². The third-order valence-electron chi connectivity index (χ3n) is 11.6. The van der Waals surface area contributed by atoms with Gasteiger partial charge in [-0.05, 0) is 110 Å². The zero-order valence-electron chi connectivity index (χ0n) is 34.3. The van der Waals surface area contributed by atoms with Crippen LogP contribution in [0.3, 0.4) is 0 Å². The summed E-state index contributed by atoms with van der Waals surface area (Å²) in [6, 6.07) is 63.5. The number of aryl methyl sites for hydroxylation is 2. The number of allylic oxidation sites excluding steroid dienone is 1. The van der Waals surface area contributed by atoms with Gasteiger partial charge in [-0.25, -0.2) is 4.99 Å². The van der Waals surface area contributed by atoms with E-state index in [9.17, 15) is 0 Å². The minimum Gasteiger partial charge on any atom is -0.454 e. The molecule has 10 aromatic rings. The quantitative estimate of drug-likeness (QED) is 0.117. The molecule has 2 nitrogen and oxygen atoms in total. The third-order valence-corrected chi connectivity index (χ3v) is 11.6. The van der Waals surface area contributed by atoms with E-state index in [1.165, 1.54) is 54.4 Å². The van der Waals surface area contributed by atoms with E-state index >= 15 is 0 Å². The van der Waals surface area contributed by atoms with Crippen LogP contribution >= 0.6 is 0 Å². The van der Waals surface area contributed by atoms with Crippen LogP contribution in [-0.2, 0) is 0 Å². The van der Waals surface area contributed by atoms with Gasteiger partial charge in [0.1, 0.15) is 11.3 Å². The average Bonchev–Trinajstić information content (AvgIpc) is 3.63. The van der Waals surface area contributed by atoms with Crippen LogP contribution < -0.4 is 0 Å². The molecule has 0 saturated carbocycles. The van der Waals surface area contributed by atoms with Crippen LogP contribution in [0.1, 0.15) is 51.6 Å². The first kappa shape index (κ1) is 38.0. The standard InChI is InChI=1S/C35H27NO.C23H18/c1-22(2)25-17-19-26(20-18-25)34(35-23(3)28-12-9-10-16-33(28)37-35)36-24(4)32-21-27-11-5-6-13-29(27)30-14-7-8-15-31(30)32;1-16-9-3-5-11-19(16)17(2)23-15-18-10-4-6-12-20(18)21-13-7-8-14-22(21)23/h5-21H,1,4H2,2-3H3;3-15H,2H2,1H3. The molecule has 0 spiro atoms. The number of furan rings is 1. The van der Waals surface area contributed by atoms with Gasteiger partial charge >= 0.3 is 0 Å². The maximum atomic E-state index is 6.40. The minimum atomic E-state index is 0.695. The lowest BCUT2D eigenvalue weighted by Crippen LogP contribution is -2.05. The molecule has 0 amide bonds. The van der Waals surface area contributed by atoms with Crippen LogP contribution in [0.5, 0.6) is 0 Å². The van der Waals surface area contributed by atoms with Gasteiger partial charge in [0.05, 0.1) is 5.70 Å². The second kappa shape index (κ2) is 16.0. The van der Waals surface area contributed by atoms with E-state index < -0.39 is 0 Å². The van der Waals surface area contributed by atoms with Crippen molar-refractivity contribution in [3.05, 3.63) is 246 Å². The van der Waals surface area contributed by atoms with Crippen LogP contribution in [-0.4, -0.2) is 5.71 Å². The predicted molar refractivity (Wildman–Crippen MR) is 259 cm³/mol. The Hall–Kier alpha value is -7.55. The summed E-state index contributed by atoms with van der Waals surface area (Å²) in [4.78, 5) is 5.18. The van der Waals surface area contributed by atoms with Crippen molar-refractivity contribution in [1.29, 1.82) is 0 Å². The Balaban J connectivity index is 0.000000172. The fraction of sp³-hybridized carbons (Fsp3) is 0.0517. The molecule has 0 radical (unpaired) electrons. The van der Waals surface area contributed by atoms with Gasteiger partial charge in [0.25, 0.3) is 0 Å². The largest absolute Gasteiger partial charge is 0.454 e. The molecule has 0 aliphatic rings. The van der Waals surface area contributed by atoms with Gasteiger partial charge < -0.3 is 4.42 Å².